The highest BCUT2D eigenvalue weighted by Gasteiger charge is 2.14. The molecule has 1 atom stereocenters. The topological polar surface area (TPSA) is 41.1 Å². The lowest BCUT2D eigenvalue weighted by Gasteiger charge is -2.28. The second kappa shape index (κ2) is 8.86. The normalized spacial score (nSPS) is 12.4. The molecule has 108 valence electrons. The number of rotatable bonds is 9. The molecule has 4 heteroatoms. The van der Waals surface area contributed by atoms with Crippen molar-refractivity contribution in [3.05, 3.63) is 18.0 Å². The van der Waals surface area contributed by atoms with Crippen LogP contribution < -0.4 is 10.2 Å². The van der Waals surface area contributed by atoms with Crippen molar-refractivity contribution >= 4 is 5.95 Å². The first-order valence-corrected chi connectivity index (χ1v) is 7.51. The Morgan fingerprint density at radius 2 is 1.89 bits per heavy atom. The molecular formula is C15H28N4. The van der Waals surface area contributed by atoms with Crippen molar-refractivity contribution in [2.24, 2.45) is 0 Å². The minimum Gasteiger partial charge on any atom is -0.338 e. The van der Waals surface area contributed by atoms with Gasteiger partial charge in [0.15, 0.2) is 0 Å². The van der Waals surface area contributed by atoms with Crippen LogP contribution in [0.2, 0.25) is 0 Å². The van der Waals surface area contributed by atoms with Gasteiger partial charge in [-0.25, -0.2) is 9.97 Å². The number of unbranched alkanes of at least 4 members (excludes halogenated alkanes) is 1. The van der Waals surface area contributed by atoms with Gasteiger partial charge in [-0.3, -0.25) is 0 Å². The third-order valence-corrected chi connectivity index (χ3v) is 3.40. The summed E-state index contributed by atoms with van der Waals surface area (Å²) < 4.78 is 0. The summed E-state index contributed by atoms with van der Waals surface area (Å²) >= 11 is 0. The van der Waals surface area contributed by atoms with Crippen molar-refractivity contribution in [1.29, 1.82) is 0 Å². The molecule has 1 heterocycles. The van der Waals surface area contributed by atoms with E-state index in [9.17, 15) is 0 Å². The fourth-order valence-corrected chi connectivity index (χ4v) is 1.92. The van der Waals surface area contributed by atoms with E-state index < -0.39 is 0 Å². The lowest BCUT2D eigenvalue weighted by Crippen LogP contribution is -2.35. The van der Waals surface area contributed by atoms with Crippen molar-refractivity contribution in [2.75, 3.05) is 18.0 Å². The molecule has 0 amide bonds. The van der Waals surface area contributed by atoms with E-state index in [4.69, 9.17) is 0 Å². The predicted octanol–water partition coefficient (Wildman–Crippen LogP) is 2.99. The lowest BCUT2D eigenvalue weighted by atomic mass is 10.2. The summed E-state index contributed by atoms with van der Waals surface area (Å²) in [5, 5.41) is 3.29. The first-order valence-electron chi connectivity index (χ1n) is 7.51. The minimum absolute atomic E-state index is 0.492. The van der Waals surface area contributed by atoms with Crippen LogP contribution in [-0.4, -0.2) is 29.1 Å². The van der Waals surface area contributed by atoms with Gasteiger partial charge in [0.25, 0.3) is 0 Å². The Kier molecular flexibility index (Phi) is 7.41. The molecule has 1 aromatic heterocycles. The van der Waals surface area contributed by atoms with E-state index in [0.29, 0.717) is 6.04 Å². The maximum Gasteiger partial charge on any atom is 0.225 e. The van der Waals surface area contributed by atoms with Crippen LogP contribution in [0.15, 0.2) is 12.4 Å². The van der Waals surface area contributed by atoms with Crippen LogP contribution in [0.25, 0.3) is 0 Å². The molecule has 0 aliphatic rings. The number of hydrogen-bond donors (Lipinski definition) is 1. The summed E-state index contributed by atoms with van der Waals surface area (Å²) in [6, 6.07) is 0.492. The van der Waals surface area contributed by atoms with E-state index >= 15 is 0 Å². The van der Waals surface area contributed by atoms with E-state index in [2.05, 4.69) is 47.9 Å². The van der Waals surface area contributed by atoms with E-state index in [1.165, 1.54) is 12.8 Å². The maximum atomic E-state index is 4.53. The van der Waals surface area contributed by atoms with Crippen molar-refractivity contribution in [3.8, 4) is 0 Å². The molecule has 1 N–H and O–H groups in total. The fourth-order valence-electron chi connectivity index (χ4n) is 1.92. The molecule has 0 bridgehead atoms. The zero-order valence-electron chi connectivity index (χ0n) is 12.8. The third kappa shape index (κ3) is 5.15. The van der Waals surface area contributed by atoms with Gasteiger partial charge in [0.2, 0.25) is 5.95 Å². The van der Waals surface area contributed by atoms with Gasteiger partial charge >= 0.3 is 0 Å². The molecule has 1 aromatic rings. The summed E-state index contributed by atoms with van der Waals surface area (Å²) in [4.78, 5) is 11.4. The van der Waals surface area contributed by atoms with Gasteiger partial charge in [-0.05, 0) is 26.3 Å². The van der Waals surface area contributed by atoms with Crippen LogP contribution in [0, 0.1) is 0 Å². The van der Waals surface area contributed by atoms with Gasteiger partial charge in [0.05, 0.1) is 0 Å². The summed E-state index contributed by atoms with van der Waals surface area (Å²) in [7, 11) is 0. The van der Waals surface area contributed by atoms with E-state index in [0.717, 1.165) is 37.6 Å². The van der Waals surface area contributed by atoms with Crippen LogP contribution in [0.1, 0.15) is 52.5 Å². The zero-order valence-corrected chi connectivity index (χ0v) is 12.8. The molecule has 0 spiro atoms. The Bertz CT molecular complexity index is 337. The van der Waals surface area contributed by atoms with Gasteiger partial charge in [0.1, 0.15) is 0 Å². The molecule has 0 fully saturated rings. The number of hydrogen-bond acceptors (Lipinski definition) is 4. The smallest absolute Gasteiger partial charge is 0.225 e. The van der Waals surface area contributed by atoms with Gasteiger partial charge in [0, 0.05) is 37.1 Å². The minimum atomic E-state index is 0.492. The number of anilines is 1. The summed E-state index contributed by atoms with van der Waals surface area (Å²) in [6.07, 6.45) is 7.38. The van der Waals surface area contributed by atoms with Gasteiger partial charge in [-0.15, -0.1) is 0 Å². The van der Waals surface area contributed by atoms with Crippen LogP contribution >= 0.6 is 0 Å². The average molecular weight is 264 g/mol. The Labute approximate surface area is 117 Å². The molecule has 19 heavy (non-hydrogen) atoms. The zero-order chi connectivity index (χ0) is 14.1. The average Bonchev–Trinajstić information content (AvgIpc) is 2.46. The molecule has 0 radical (unpaired) electrons. The van der Waals surface area contributed by atoms with Gasteiger partial charge in [-0.2, -0.15) is 0 Å². The Hall–Kier alpha value is -1.16. The van der Waals surface area contributed by atoms with Crippen molar-refractivity contribution < 1.29 is 0 Å². The molecule has 1 rings (SSSR count). The van der Waals surface area contributed by atoms with Crippen LogP contribution in [0.3, 0.4) is 0 Å². The highest BCUT2D eigenvalue weighted by Crippen LogP contribution is 2.14. The fraction of sp³-hybridized carbons (Fsp3) is 0.733. The highest BCUT2D eigenvalue weighted by molar-refractivity contribution is 5.31. The molecule has 0 saturated heterocycles. The Balaban J connectivity index is 2.72. The van der Waals surface area contributed by atoms with E-state index in [1.54, 1.807) is 0 Å². The summed E-state index contributed by atoms with van der Waals surface area (Å²) in [6.45, 7) is 11.6. The molecule has 0 aromatic carbocycles. The largest absolute Gasteiger partial charge is 0.338 e. The van der Waals surface area contributed by atoms with Crippen LogP contribution in [-0.2, 0) is 6.54 Å². The molecule has 4 nitrogen and oxygen atoms in total. The monoisotopic (exact) mass is 264 g/mol. The van der Waals surface area contributed by atoms with Crippen molar-refractivity contribution in [2.45, 2.75) is 59.5 Å². The van der Waals surface area contributed by atoms with Crippen LogP contribution in [0.5, 0.6) is 0 Å². The first kappa shape index (κ1) is 15.9. The summed E-state index contributed by atoms with van der Waals surface area (Å²) in [5.74, 6) is 0.864. The third-order valence-electron chi connectivity index (χ3n) is 3.40. The molecule has 0 aliphatic carbocycles. The lowest BCUT2D eigenvalue weighted by molar-refractivity contribution is 0.581. The SMILES string of the molecule is CCCCN(c1ncc(CNCC)cn1)C(C)CC. The van der Waals surface area contributed by atoms with Crippen molar-refractivity contribution in [3.63, 3.8) is 0 Å². The predicted molar refractivity (Wildman–Crippen MR) is 81.4 cm³/mol. The number of aromatic nitrogens is 2. The quantitative estimate of drug-likeness (QED) is 0.744. The number of nitrogens with zero attached hydrogens (tertiary/aromatic N) is 3. The second-order valence-corrected chi connectivity index (χ2v) is 4.98. The molecule has 1 unspecified atom stereocenters. The van der Waals surface area contributed by atoms with Crippen LogP contribution in [0.4, 0.5) is 5.95 Å². The first-order chi connectivity index (χ1) is 9.22. The van der Waals surface area contributed by atoms with Gasteiger partial charge in [-0.1, -0.05) is 27.2 Å². The van der Waals surface area contributed by atoms with Gasteiger partial charge < -0.3 is 10.2 Å². The molecule has 0 aliphatic heterocycles. The highest BCUT2D eigenvalue weighted by atomic mass is 15.3. The molecular weight excluding hydrogens is 236 g/mol. The van der Waals surface area contributed by atoms with E-state index in [-0.39, 0.29) is 0 Å². The van der Waals surface area contributed by atoms with E-state index in [1.807, 2.05) is 12.4 Å². The molecule has 0 saturated carbocycles. The Morgan fingerprint density at radius 1 is 1.21 bits per heavy atom. The second-order valence-electron chi connectivity index (χ2n) is 4.98. The van der Waals surface area contributed by atoms with Crippen molar-refractivity contribution in [1.82, 2.24) is 15.3 Å². The Morgan fingerprint density at radius 3 is 2.42 bits per heavy atom. The summed E-state index contributed by atoms with van der Waals surface area (Å²) in [5.41, 5.74) is 1.14. The maximum absolute atomic E-state index is 4.53. The number of nitrogens with one attached hydrogen (secondary N) is 1. The standard InChI is InChI=1S/C15H28N4/c1-5-8-9-19(13(4)6-2)15-17-11-14(12-18-15)10-16-7-3/h11-13,16H,5-10H2,1-4H3.